The van der Waals surface area contributed by atoms with E-state index >= 15 is 0 Å². The van der Waals surface area contributed by atoms with Gasteiger partial charge in [-0.05, 0) is 49.4 Å². The molecule has 2 aromatic carbocycles. The highest BCUT2D eigenvalue weighted by molar-refractivity contribution is 7.10. The Morgan fingerprint density at radius 1 is 0.919 bits per heavy atom. The molecule has 37 heavy (non-hydrogen) atoms. The molecule has 0 aliphatic carbocycles. The zero-order chi connectivity index (χ0) is 25.9. The molecule has 1 saturated heterocycles. The van der Waals surface area contributed by atoms with E-state index in [0.29, 0.717) is 48.1 Å². The highest BCUT2D eigenvalue weighted by Crippen LogP contribution is 2.41. The Bertz CT molecular complexity index is 1300. The standard InChI is InChI=1S/C28H31N3O5S/c1-34-23-11-10-20(24(35-2)25(23)36-3)27(32)30-15-12-19(13-16-30)26-29-21(17-37-26)28(33)31-14-6-8-18-7-4-5-9-22(18)31/h4-5,7,9-11,17,19H,6,8,12-16H2,1-3H3. The van der Waals surface area contributed by atoms with E-state index in [1.165, 1.54) is 31.1 Å². The summed E-state index contributed by atoms with van der Waals surface area (Å²) in [6.45, 7) is 1.91. The molecule has 0 radical (unpaired) electrons. The van der Waals surface area contributed by atoms with E-state index in [1.54, 1.807) is 19.2 Å². The first-order valence-electron chi connectivity index (χ1n) is 12.5. The van der Waals surface area contributed by atoms with Gasteiger partial charge in [0.25, 0.3) is 11.8 Å². The van der Waals surface area contributed by atoms with Gasteiger partial charge in [-0.3, -0.25) is 9.59 Å². The van der Waals surface area contributed by atoms with Crippen LogP contribution < -0.4 is 19.1 Å². The minimum absolute atomic E-state index is 0.0391. The van der Waals surface area contributed by atoms with Crippen molar-refractivity contribution in [1.82, 2.24) is 9.88 Å². The fourth-order valence-electron chi connectivity index (χ4n) is 5.23. The topological polar surface area (TPSA) is 81.2 Å². The van der Waals surface area contributed by atoms with E-state index in [4.69, 9.17) is 19.2 Å². The lowest BCUT2D eigenvalue weighted by Gasteiger charge is -2.31. The van der Waals surface area contributed by atoms with Crippen molar-refractivity contribution in [3.05, 3.63) is 63.6 Å². The van der Waals surface area contributed by atoms with Gasteiger partial charge in [0, 0.05) is 36.6 Å². The Morgan fingerprint density at radius 3 is 2.41 bits per heavy atom. The number of likely N-dealkylation sites (tertiary alicyclic amines) is 1. The predicted octanol–water partition coefficient (Wildman–Crippen LogP) is 4.78. The second kappa shape index (κ2) is 10.8. The third kappa shape index (κ3) is 4.75. The smallest absolute Gasteiger partial charge is 0.277 e. The van der Waals surface area contributed by atoms with Crippen LogP contribution in [0.25, 0.3) is 0 Å². The zero-order valence-corrected chi connectivity index (χ0v) is 22.2. The Kier molecular flexibility index (Phi) is 7.32. The van der Waals surface area contributed by atoms with Crippen LogP contribution in [0.1, 0.15) is 56.6 Å². The number of thiazole rings is 1. The number of carbonyl (C=O) groups is 2. The average Bonchev–Trinajstić information content (AvgIpc) is 3.45. The molecule has 0 N–H and O–H groups in total. The maximum Gasteiger partial charge on any atom is 0.277 e. The van der Waals surface area contributed by atoms with Crippen molar-refractivity contribution < 1.29 is 23.8 Å². The first-order chi connectivity index (χ1) is 18.0. The minimum atomic E-state index is -0.102. The second-order valence-corrected chi connectivity index (χ2v) is 10.1. The van der Waals surface area contributed by atoms with Crippen molar-refractivity contribution in [2.45, 2.75) is 31.6 Å². The fourth-order valence-corrected chi connectivity index (χ4v) is 6.19. The minimum Gasteiger partial charge on any atom is -0.493 e. The summed E-state index contributed by atoms with van der Waals surface area (Å²) in [5.74, 6) is 1.37. The molecule has 1 fully saturated rings. The van der Waals surface area contributed by atoms with Crippen LogP contribution in [0, 0.1) is 0 Å². The molecule has 3 aromatic rings. The molecule has 2 amide bonds. The summed E-state index contributed by atoms with van der Waals surface area (Å²) in [5, 5.41) is 2.84. The van der Waals surface area contributed by atoms with Crippen LogP contribution in [-0.2, 0) is 6.42 Å². The Morgan fingerprint density at radius 2 is 1.68 bits per heavy atom. The molecular formula is C28H31N3O5S. The number of piperidine rings is 1. The van der Waals surface area contributed by atoms with Gasteiger partial charge in [0.1, 0.15) is 5.69 Å². The van der Waals surface area contributed by atoms with Crippen LogP contribution >= 0.6 is 11.3 Å². The number of aromatic nitrogens is 1. The highest BCUT2D eigenvalue weighted by Gasteiger charge is 2.31. The van der Waals surface area contributed by atoms with E-state index in [2.05, 4.69) is 6.07 Å². The van der Waals surface area contributed by atoms with Gasteiger partial charge in [0.15, 0.2) is 11.5 Å². The van der Waals surface area contributed by atoms with Gasteiger partial charge in [0.2, 0.25) is 5.75 Å². The molecule has 0 bridgehead atoms. The van der Waals surface area contributed by atoms with Crippen molar-refractivity contribution in [3.8, 4) is 17.2 Å². The number of aryl methyl sites for hydroxylation is 1. The van der Waals surface area contributed by atoms with E-state index in [-0.39, 0.29) is 17.7 Å². The van der Waals surface area contributed by atoms with Crippen molar-refractivity contribution >= 4 is 28.8 Å². The molecular weight excluding hydrogens is 490 g/mol. The predicted molar refractivity (Wildman–Crippen MR) is 143 cm³/mol. The molecule has 0 saturated carbocycles. The van der Waals surface area contributed by atoms with E-state index < -0.39 is 0 Å². The van der Waals surface area contributed by atoms with E-state index in [9.17, 15) is 9.59 Å². The van der Waals surface area contributed by atoms with Gasteiger partial charge in [0.05, 0.1) is 31.9 Å². The highest BCUT2D eigenvalue weighted by atomic mass is 32.1. The Balaban J connectivity index is 1.26. The van der Waals surface area contributed by atoms with Crippen LogP contribution in [0.2, 0.25) is 0 Å². The first kappa shape index (κ1) is 25.1. The van der Waals surface area contributed by atoms with Gasteiger partial charge in [-0.15, -0.1) is 11.3 Å². The zero-order valence-electron chi connectivity index (χ0n) is 21.4. The molecule has 5 rings (SSSR count). The van der Waals surface area contributed by atoms with Crippen LogP contribution in [0.15, 0.2) is 41.8 Å². The Hall–Kier alpha value is -3.59. The lowest BCUT2D eigenvalue weighted by atomic mass is 9.96. The number of hydrogen-bond acceptors (Lipinski definition) is 7. The number of rotatable bonds is 6. The summed E-state index contributed by atoms with van der Waals surface area (Å²) in [4.78, 5) is 35.1. The number of ether oxygens (including phenoxy) is 3. The molecule has 0 spiro atoms. The van der Waals surface area contributed by atoms with Crippen LogP contribution in [0.4, 0.5) is 5.69 Å². The number of fused-ring (bicyclic) bond motifs is 1. The summed E-state index contributed by atoms with van der Waals surface area (Å²) in [6, 6.07) is 11.5. The summed E-state index contributed by atoms with van der Waals surface area (Å²) in [7, 11) is 4.59. The average molecular weight is 522 g/mol. The number of amides is 2. The number of benzene rings is 2. The summed E-state index contributed by atoms with van der Waals surface area (Å²) >= 11 is 1.54. The van der Waals surface area contributed by atoms with Gasteiger partial charge < -0.3 is 24.0 Å². The Labute approximate surface area is 220 Å². The van der Waals surface area contributed by atoms with Gasteiger partial charge in [-0.25, -0.2) is 4.98 Å². The number of carbonyl (C=O) groups excluding carboxylic acids is 2. The van der Waals surface area contributed by atoms with Crippen LogP contribution in [0.5, 0.6) is 17.2 Å². The number of nitrogens with zero attached hydrogens (tertiary/aromatic N) is 3. The summed E-state index contributed by atoms with van der Waals surface area (Å²) in [6.07, 6.45) is 3.52. The molecule has 194 valence electrons. The molecule has 2 aliphatic rings. The molecule has 0 atom stereocenters. The van der Waals surface area contributed by atoms with Crippen molar-refractivity contribution in [3.63, 3.8) is 0 Å². The number of para-hydroxylation sites is 1. The largest absolute Gasteiger partial charge is 0.493 e. The van der Waals surface area contributed by atoms with E-state index in [0.717, 1.165) is 36.4 Å². The summed E-state index contributed by atoms with van der Waals surface area (Å²) in [5.41, 5.74) is 3.15. The normalized spacial score (nSPS) is 15.8. The quantitative estimate of drug-likeness (QED) is 0.464. The summed E-state index contributed by atoms with van der Waals surface area (Å²) < 4.78 is 16.3. The van der Waals surface area contributed by atoms with Crippen molar-refractivity contribution in [2.24, 2.45) is 0 Å². The lowest BCUT2D eigenvalue weighted by Crippen LogP contribution is -2.38. The fraction of sp³-hybridized carbons (Fsp3) is 0.393. The molecule has 2 aliphatic heterocycles. The van der Waals surface area contributed by atoms with Crippen LogP contribution in [0.3, 0.4) is 0 Å². The molecule has 0 unspecified atom stereocenters. The lowest BCUT2D eigenvalue weighted by molar-refractivity contribution is 0.0708. The van der Waals surface area contributed by atoms with Crippen molar-refractivity contribution in [1.29, 1.82) is 0 Å². The number of methoxy groups -OCH3 is 3. The maximum atomic E-state index is 13.3. The first-order valence-corrected chi connectivity index (χ1v) is 13.4. The third-order valence-electron chi connectivity index (χ3n) is 7.16. The van der Waals surface area contributed by atoms with Gasteiger partial charge in [-0.1, -0.05) is 18.2 Å². The number of hydrogen-bond donors (Lipinski definition) is 0. The second-order valence-electron chi connectivity index (χ2n) is 9.21. The number of anilines is 1. The monoisotopic (exact) mass is 521 g/mol. The maximum absolute atomic E-state index is 13.3. The molecule has 1 aromatic heterocycles. The third-order valence-corrected chi connectivity index (χ3v) is 8.17. The van der Waals surface area contributed by atoms with E-state index in [1.807, 2.05) is 33.4 Å². The van der Waals surface area contributed by atoms with Gasteiger partial charge >= 0.3 is 0 Å². The van der Waals surface area contributed by atoms with Crippen molar-refractivity contribution in [2.75, 3.05) is 45.9 Å². The SMILES string of the molecule is COc1ccc(C(=O)N2CCC(c3nc(C(=O)N4CCCc5ccccc54)cs3)CC2)c(OC)c1OC. The molecule has 8 nitrogen and oxygen atoms in total. The molecule has 9 heteroatoms. The van der Waals surface area contributed by atoms with Crippen LogP contribution in [-0.4, -0.2) is 62.7 Å². The van der Waals surface area contributed by atoms with Gasteiger partial charge in [-0.2, -0.15) is 0 Å². The molecule has 3 heterocycles.